The monoisotopic (exact) mass is 183 g/mol. The summed E-state index contributed by atoms with van der Waals surface area (Å²) in [6, 6.07) is -0.895. The third kappa shape index (κ3) is 3.61. The lowest BCUT2D eigenvalue weighted by Gasteiger charge is -2.18. The lowest BCUT2D eigenvalue weighted by molar-refractivity contribution is -0.142. The number of rotatable bonds is 4. The van der Waals surface area contributed by atoms with Crippen molar-refractivity contribution in [2.24, 2.45) is 5.92 Å². The average Bonchev–Trinajstić information content (AvgIpc) is 2.11. The Morgan fingerprint density at radius 3 is 2.46 bits per heavy atom. The van der Waals surface area contributed by atoms with Crippen LogP contribution in [0.4, 0.5) is 0 Å². The number of hydrogen-bond acceptors (Lipinski definition) is 2. The van der Waals surface area contributed by atoms with Crippen LogP contribution in [0.5, 0.6) is 0 Å². The van der Waals surface area contributed by atoms with Crippen molar-refractivity contribution < 1.29 is 14.7 Å². The van der Waals surface area contributed by atoms with Crippen molar-refractivity contribution in [1.82, 2.24) is 5.32 Å². The molecule has 0 bridgehead atoms. The van der Waals surface area contributed by atoms with Crippen LogP contribution >= 0.6 is 0 Å². The maximum Gasteiger partial charge on any atom is 0.326 e. The van der Waals surface area contributed by atoms with Crippen LogP contribution in [0.25, 0.3) is 0 Å². The van der Waals surface area contributed by atoms with Gasteiger partial charge in [-0.15, -0.1) is 6.42 Å². The molecule has 0 heterocycles. The summed E-state index contributed by atoms with van der Waals surface area (Å²) in [7, 11) is 0. The minimum Gasteiger partial charge on any atom is -0.480 e. The number of aliphatic carboxylic acids is 1. The highest BCUT2D eigenvalue weighted by molar-refractivity contribution is 5.95. The van der Waals surface area contributed by atoms with Crippen molar-refractivity contribution in [1.29, 1.82) is 0 Å². The van der Waals surface area contributed by atoms with Crippen molar-refractivity contribution in [3.8, 4) is 12.3 Å². The summed E-state index contributed by atoms with van der Waals surface area (Å²) in [5.41, 5.74) is 0. The van der Waals surface area contributed by atoms with E-state index in [0.29, 0.717) is 6.42 Å². The van der Waals surface area contributed by atoms with E-state index >= 15 is 0 Å². The van der Waals surface area contributed by atoms with Crippen LogP contribution in [-0.2, 0) is 9.59 Å². The molecule has 0 aliphatic heterocycles. The van der Waals surface area contributed by atoms with Gasteiger partial charge in [0.1, 0.15) is 6.04 Å². The number of amides is 1. The zero-order valence-electron chi connectivity index (χ0n) is 7.70. The van der Waals surface area contributed by atoms with E-state index in [1.807, 2.05) is 12.8 Å². The number of carboxylic acid groups (broad SMARTS) is 1. The minimum absolute atomic E-state index is 0.130. The summed E-state index contributed by atoms with van der Waals surface area (Å²) in [5, 5.41) is 11.0. The van der Waals surface area contributed by atoms with E-state index in [1.165, 1.54) is 0 Å². The van der Waals surface area contributed by atoms with Crippen LogP contribution < -0.4 is 5.32 Å². The highest BCUT2D eigenvalue weighted by Crippen LogP contribution is 2.07. The molecule has 4 heteroatoms. The van der Waals surface area contributed by atoms with Crippen LogP contribution in [0.1, 0.15) is 20.3 Å². The van der Waals surface area contributed by atoms with Crippen LogP contribution in [0, 0.1) is 18.3 Å². The van der Waals surface area contributed by atoms with E-state index < -0.39 is 17.9 Å². The first-order valence-electron chi connectivity index (χ1n) is 4.02. The zero-order valence-corrected chi connectivity index (χ0v) is 7.70. The molecule has 0 aromatic heterocycles. The normalized spacial score (nSPS) is 13.9. The van der Waals surface area contributed by atoms with Crippen LogP contribution in [-0.4, -0.2) is 23.0 Å². The molecule has 2 unspecified atom stereocenters. The van der Waals surface area contributed by atoms with Crippen molar-refractivity contribution in [2.75, 3.05) is 0 Å². The Hall–Kier alpha value is -1.50. The number of carbonyl (C=O) groups is 2. The molecule has 0 aliphatic rings. The molecule has 1 amide bonds. The molecule has 72 valence electrons. The first kappa shape index (κ1) is 11.5. The van der Waals surface area contributed by atoms with Crippen molar-refractivity contribution in [2.45, 2.75) is 26.3 Å². The van der Waals surface area contributed by atoms with Gasteiger partial charge >= 0.3 is 5.97 Å². The van der Waals surface area contributed by atoms with Gasteiger partial charge in [-0.1, -0.05) is 20.3 Å². The maximum absolute atomic E-state index is 10.7. The maximum atomic E-state index is 10.7. The Morgan fingerprint density at radius 1 is 1.62 bits per heavy atom. The molecule has 2 atom stereocenters. The fraction of sp³-hybridized carbons (Fsp3) is 0.556. The molecule has 0 aromatic carbocycles. The van der Waals surface area contributed by atoms with E-state index in [2.05, 4.69) is 5.32 Å². The molecule has 0 fully saturated rings. The SMILES string of the molecule is C#CC(=O)NC(C(=O)O)C(C)CC. The third-order valence-electron chi connectivity index (χ3n) is 1.90. The highest BCUT2D eigenvalue weighted by atomic mass is 16.4. The number of nitrogens with one attached hydrogen (secondary N) is 1. The summed E-state index contributed by atoms with van der Waals surface area (Å²) < 4.78 is 0. The molecule has 0 spiro atoms. The summed E-state index contributed by atoms with van der Waals surface area (Å²) >= 11 is 0. The van der Waals surface area contributed by atoms with Crippen molar-refractivity contribution in [3.63, 3.8) is 0 Å². The average molecular weight is 183 g/mol. The van der Waals surface area contributed by atoms with Gasteiger partial charge in [-0.2, -0.15) is 0 Å². The van der Waals surface area contributed by atoms with E-state index in [-0.39, 0.29) is 5.92 Å². The van der Waals surface area contributed by atoms with Gasteiger partial charge in [0.2, 0.25) is 0 Å². The fourth-order valence-corrected chi connectivity index (χ4v) is 0.866. The Bertz CT molecular complexity index is 242. The third-order valence-corrected chi connectivity index (χ3v) is 1.90. The van der Waals surface area contributed by atoms with Crippen molar-refractivity contribution >= 4 is 11.9 Å². The molecule has 0 saturated heterocycles. The predicted octanol–water partition coefficient (Wildman–Crippen LogP) is 0.235. The van der Waals surface area contributed by atoms with E-state index in [0.717, 1.165) is 0 Å². The molecule has 4 nitrogen and oxygen atoms in total. The van der Waals surface area contributed by atoms with E-state index in [1.54, 1.807) is 6.92 Å². The predicted molar refractivity (Wildman–Crippen MR) is 47.9 cm³/mol. The van der Waals surface area contributed by atoms with Gasteiger partial charge in [-0.05, 0) is 11.8 Å². The molecule has 0 rings (SSSR count). The molecule has 0 radical (unpaired) electrons. The molecule has 2 N–H and O–H groups in total. The molecule has 0 saturated carbocycles. The second kappa shape index (κ2) is 5.20. The zero-order chi connectivity index (χ0) is 10.4. The lowest BCUT2D eigenvalue weighted by Crippen LogP contribution is -2.44. The number of carbonyl (C=O) groups excluding carboxylic acids is 1. The quantitative estimate of drug-likeness (QED) is 0.613. The van der Waals surface area contributed by atoms with Gasteiger partial charge in [-0.3, -0.25) is 4.79 Å². The molecule has 0 aliphatic carbocycles. The summed E-state index contributed by atoms with van der Waals surface area (Å²) in [6.07, 6.45) is 5.48. The molecule has 13 heavy (non-hydrogen) atoms. The number of carboxylic acids is 1. The van der Waals surface area contributed by atoms with E-state index in [9.17, 15) is 9.59 Å². The molecule has 0 aromatic rings. The smallest absolute Gasteiger partial charge is 0.326 e. The molecular formula is C9H13NO3. The fourth-order valence-electron chi connectivity index (χ4n) is 0.866. The Balaban J connectivity index is 4.37. The summed E-state index contributed by atoms with van der Waals surface area (Å²) in [6.45, 7) is 3.60. The second-order valence-corrected chi connectivity index (χ2v) is 2.82. The van der Waals surface area contributed by atoms with Crippen molar-refractivity contribution in [3.05, 3.63) is 0 Å². The van der Waals surface area contributed by atoms with Gasteiger partial charge in [0.25, 0.3) is 5.91 Å². The van der Waals surface area contributed by atoms with Gasteiger partial charge in [0.15, 0.2) is 0 Å². The van der Waals surface area contributed by atoms with Crippen LogP contribution in [0.15, 0.2) is 0 Å². The highest BCUT2D eigenvalue weighted by Gasteiger charge is 2.24. The first-order valence-corrected chi connectivity index (χ1v) is 4.02. The van der Waals surface area contributed by atoms with Crippen LogP contribution in [0.2, 0.25) is 0 Å². The summed E-state index contributed by atoms with van der Waals surface area (Å²) in [5.74, 6) is -0.0587. The van der Waals surface area contributed by atoms with E-state index in [4.69, 9.17) is 11.5 Å². The van der Waals surface area contributed by atoms with Gasteiger partial charge in [-0.25, -0.2) is 4.79 Å². The Kier molecular flexibility index (Phi) is 4.60. The van der Waals surface area contributed by atoms with Gasteiger partial charge in [0.05, 0.1) is 0 Å². The molecular weight excluding hydrogens is 170 g/mol. The topological polar surface area (TPSA) is 66.4 Å². The summed E-state index contributed by atoms with van der Waals surface area (Å²) in [4.78, 5) is 21.4. The second-order valence-electron chi connectivity index (χ2n) is 2.82. The standard InChI is InChI=1S/C9H13NO3/c1-4-6(3)8(9(12)13)10-7(11)5-2/h2,6,8H,4H2,1,3H3,(H,10,11)(H,12,13). The lowest BCUT2D eigenvalue weighted by atomic mass is 9.99. The number of terminal acetylenes is 1. The van der Waals surface area contributed by atoms with Gasteiger partial charge in [0, 0.05) is 0 Å². The Morgan fingerprint density at radius 2 is 2.15 bits per heavy atom. The largest absolute Gasteiger partial charge is 0.480 e. The van der Waals surface area contributed by atoms with Gasteiger partial charge < -0.3 is 10.4 Å². The number of hydrogen-bond donors (Lipinski definition) is 2. The minimum atomic E-state index is -1.06. The Labute approximate surface area is 77.3 Å². The first-order chi connectivity index (χ1) is 6.02. The van der Waals surface area contributed by atoms with Crippen LogP contribution in [0.3, 0.4) is 0 Å².